The van der Waals surface area contributed by atoms with E-state index in [4.69, 9.17) is 11.6 Å². The minimum atomic E-state index is -0.281. The lowest BCUT2D eigenvalue weighted by atomic mass is 9.89. The number of anilines is 1. The van der Waals surface area contributed by atoms with Crippen molar-refractivity contribution in [3.63, 3.8) is 0 Å². The molecule has 2 amide bonds. The molecular weight excluding hydrogens is 400 g/mol. The number of likely N-dealkylation sites (tertiary alicyclic amines) is 2. The summed E-state index contributed by atoms with van der Waals surface area (Å²) < 4.78 is 0. The molecule has 5 rings (SSSR count). The maximum absolute atomic E-state index is 13.1. The zero-order chi connectivity index (χ0) is 20.9. The van der Waals surface area contributed by atoms with Crippen molar-refractivity contribution < 1.29 is 9.59 Å². The molecule has 2 saturated heterocycles. The number of rotatable bonds is 3. The fourth-order valence-corrected chi connectivity index (χ4v) is 5.10. The normalized spacial score (nSPS) is 25.5. The van der Waals surface area contributed by atoms with Gasteiger partial charge in [0.25, 0.3) is 5.91 Å². The van der Waals surface area contributed by atoms with Gasteiger partial charge in [-0.2, -0.15) is 0 Å². The summed E-state index contributed by atoms with van der Waals surface area (Å²) in [6.45, 7) is 4.26. The van der Waals surface area contributed by atoms with Gasteiger partial charge in [0.05, 0.1) is 17.1 Å². The Labute approximate surface area is 181 Å². The number of fused-ring (bicyclic) bond motifs is 1. The van der Waals surface area contributed by atoms with E-state index < -0.39 is 0 Å². The van der Waals surface area contributed by atoms with Crippen LogP contribution in [-0.2, 0) is 16.8 Å². The molecule has 7 heteroatoms. The fraction of sp³-hybridized carbons (Fsp3) is 0.435. The summed E-state index contributed by atoms with van der Waals surface area (Å²) in [5.74, 6) is 1.05. The second kappa shape index (κ2) is 7.27. The average Bonchev–Trinajstić information content (AvgIpc) is 3.45. The molecule has 0 spiro atoms. The van der Waals surface area contributed by atoms with Crippen LogP contribution >= 0.6 is 11.6 Å². The van der Waals surface area contributed by atoms with E-state index in [1.54, 1.807) is 6.20 Å². The second-order valence-electron chi connectivity index (χ2n) is 8.76. The van der Waals surface area contributed by atoms with Crippen molar-refractivity contribution in [2.24, 2.45) is 0 Å². The predicted octanol–water partition coefficient (Wildman–Crippen LogP) is 3.46. The van der Waals surface area contributed by atoms with Crippen LogP contribution in [0.3, 0.4) is 0 Å². The summed E-state index contributed by atoms with van der Waals surface area (Å²) in [6.07, 6.45) is 4.83. The van der Waals surface area contributed by atoms with Crippen molar-refractivity contribution in [1.29, 1.82) is 0 Å². The highest BCUT2D eigenvalue weighted by atomic mass is 35.5. The number of aromatic nitrogens is 1. The number of benzene rings is 1. The van der Waals surface area contributed by atoms with Gasteiger partial charge in [0.2, 0.25) is 5.91 Å². The first-order chi connectivity index (χ1) is 14.4. The number of hydrogen-bond donors (Lipinski definition) is 1. The van der Waals surface area contributed by atoms with Crippen molar-refractivity contribution in [1.82, 2.24) is 14.8 Å². The van der Waals surface area contributed by atoms with Gasteiger partial charge in [0.1, 0.15) is 5.82 Å². The molecule has 1 N–H and O–H groups in total. The van der Waals surface area contributed by atoms with Crippen LogP contribution in [0.15, 0.2) is 36.5 Å². The van der Waals surface area contributed by atoms with E-state index in [0.717, 1.165) is 42.8 Å². The molecule has 0 aliphatic carbocycles. The topological polar surface area (TPSA) is 65.5 Å². The van der Waals surface area contributed by atoms with Crippen LogP contribution in [0.25, 0.3) is 0 Å². The first-order valence-corrected chi connectivity index (χ1v) is 10.9. The number of hydrogen-bond acceptors (Lipinski definition) is 4. The van der Waals surface area contributed by atoms with Crippen LogP contribution in [0, 0.1) is 0 Å². The molecule has 0 radical (unpaired) electrons. The third kappa shape index (κ3) is 3.33. The van der Waals surface area contributed by atoms with Crippen molar-refractivity contribution >= 4 is 29.2 Å². The number of halogens is 1. The number of nitrogens with zero attached hydrogens (tertiary/aromatic N) is 3. The summed E-state index contributed by atoms with van der Waals surface area (Å²) >= 11 is 6.03. The third-order valence-corrected chi connectivity index (χ3v) is 6.89. The quantitative estimate of drug-likeness (QED) is 0.819. The fourth-order valence-electron chi connectivity index (χ4n) is 4.97. The van der Waals surface area contributed by atoms with Gasteiger partial charge in [0.15, 0.2) is 0 Å². The highest BCUT2D eigenvalue weighted by molar-refractivity contribution is 6.30. The molecule has 1 unspecified atom stereocenters. The zero-order valence-electron chi connectivity index (χ0n) is 17.0. The smallest absolute Gasteiger partial charge is 0.255 e. The Balaban J connectivity index is 1.31. The van der Waals surface area contributed by atoms with E-state index in [9.17, 15) is 9.59 Å². The van der Waals surface area contributed by atoms with Crippen LogP contribution in [0.4, 0.5) is 5.82 Å². The Morgan fingerprint density at radius 3 is 2.80 bits per heavy atom. The van der Waals surface area contributed by atoms with Crippen LogP contribution < -0.4 is 5.32 Å². The van der Waals surface area contributed by atoms with Gasteiger partial charge < -0.3 is 15.1 Å². The van der Waals surface area contributed by atoms with Crippen LogP contribution in [0.5, 0.6) is 0 Å². The van der Waals surface area contributed by atoms with Gasteiger partial charge in [-0.15, -0.1) is 0 Å². The number of nitrogens with one attached hydrogen (secondary N) is 1. The second-order valence-corrected chi connectivity index (χ2v) is 9.19. The maximum Gasteiger partial charge on any atom is 0.255 e. The molecule has 3 aliphatic heterocycles. The summed E-state index contributed by atoms with van der Waals surface area (Å²) in [7, 11) is 0. The molecule has 30 heavy (non-hydrogen) atoms. The molecule has 0 saturated carbocycles. The molecular formula is C23H25ClN4O2. The lowest BCUT2D eigenvalue weighted by Gasteiger charge is -2.25. The largest absolute Gasteiger partial charge is 0.360 e. The lowest BCUT2D eigenvalue weighted by Crippen LogP contribution is -2.39. The zero-order valence-corrected chi connectivity index (χ0v) is 17.8. The summed E-state index contributed by atoms with van der Waals surface area (Å²) in [5.41, 5.74) is 2.51. The molecule has 1 aromatic heterocycles. The Morgan fingerprint density at radius 2 is 2.07 bits per heavy atom. The first kappa shape index (κ1) is 19.4. The van der Waals surface area contributed by atoms with Crippen molar-refractivity contribution in [2.45, 2.75) is 44.2 Å². The molecule has 156 valence electrons. The van der Waals surface area contributed by atoms with E-state index in [1.165, 1.54) is 0 Å². The van der Waals surface area contributed by atoms with E-state index in [-0.39, 0.29) is 23.4 Å². The number of amides is 2. The van der Waals surface area contributed by atoms with E-state index >= 15 is 0 Å². The third-order valence-electron chi connectivity index (χ3n) is 6.63. The SMILES string of the molecule is CC1(c2ccc(Cl)cc2)Cc2cc(C(=O)N3CC[C@H](N4CCCC4=O)C3)cnc2N1. The molecule has 3 aliphatic rings. The molecule has 4 heterocycles. The Hall–Kier alpha value is -2.60. The Bertz CT molecular complexity index is 1010. The Morgan fingerprint density at radius 1 is 1.27 bits per heavy atom. The number of carbonyl (C=O) groups excluding carboxylic acids is 2. The monoisotopic (exact) mass is 424 g/mol. The van der Waals surface area contributed by atoms with Crippen molar-refractivity contribution in [3.8, 4) is 0 Å². The van der Waals surface area contributed by atoms with Crippen molar-refractivity contribution in [3.05, 3.63) is 58.2 Å². The minimum Gasteiger partial charge on any atom is -0.360 e. The van der Waals surface area contributed by atoms with Gasteiger partial charge in [-0.25, -0.2) is 4.98 Å². The van der Waals surface area contributed by atoms with Crippen LogP contribution in [0.1, 0.15) is 47.7 Å². The van der Waals surface area contributed by atoms with Gasteiger partial charge in [-0.3, -0.25) is 9.59 Å². The van der Waals surface area contributed by atoms with E-state index in [2.05, 4.69) is 17.2 Å². The van der Waals surface area contributed by atoms with E-state index in [1.807, 2.05) is 40.1 Å². The van der Waals surface area contributed by atoms with Gasteiger partial charge >= 0.3 is 0 Å². The Kier molecular flexibility index (Phi) is 4.69. The number of carbonyl (C=O) groups is 2. The highest BCUT2D eigenvalue weighted by Gasteiger charge is 2.37. The van der Waals surface area contributed by atoms with Gasteiger partial charge in [0, 0.05) is 43.7 Å². The predicted molar refractivity (Wildman–Crippen MR) is 116 cm³/mol. The average molecular weight is 425 g/mol. The molecule has 2 aromatic rings. The lowest BCUT2D eigenvalue weighted by molar-refractivity contribution is -0.129. The summed E-state index contributed by atoms with van der Waals surface area (Å²) in [4.78, 5) is 33.5. The summed E-state index contributed by atoms with van der Waals surface area (Å²) in [5, 5.41) is 4.22. The molecule has 2 fully saturated rings. The van der Waals surface area contributed by atoms with E-state index in [0.29, 0.717) is 30.1 Å². The molecule has 1 aromatic carbocycles. The van der Waals surface area contributed by atoms with Crippen molar-refractivity contribution in [2.75, 3.05) is 25.0 Å². The highest BCUT2D eigenvalue weighted by Crippen LogP contribution is 2.38. The molecule has 0 bridgehead atoms. The summed E-state index contributed by atoms with van der Waals surface area (Å²) in [6, 6.07) is 9.96. The van der Waals surface area contributed by atoms with Crippen LogP contribution in [-0.4, -0.2) is 52.3 Å². The first-order valence-electron chi connectivity index (χ1n) is 10.5. The van der Waals surface area contributed by atoms with Gasteiger partial charge in [-0.1, -0.05) is 23.7 Å². The number of pyridine rings is 1. The standard InChI is InChI=1S/C23H25ClN4O2/c1-23(17-4-6-18(24)7-5-17)12-15-11-16(13-25-21(15)26-23)22(30)27-10-8-19(14-27)28-9-2-3-20(28)29/h4-7,11,13,19H,2-3,8-10,12,14H2,1H3,(H,25,26)/t19-,23?/m0/s1. The maximum atomic E-state index is 13.1. The molecule has 6 nitrogen and oxygen atoms in total. The molecule has 2 atom stereocenters. The van der Waals surface area contributed by atoms with Crippen LogP contribution in [0.2, 0.25) is 5.02 Å². The van der Waals surface area contributed by atoms with Gasteiger partial charge in [-0.05, 0) is 49.1 Å². The minimum absolute atomic E-state index is 0.000424.